The Balaban J connectivity index is 2.51. The topological polar surface area (TPSA) is 64.4 Å². The van der Waals surface area contributed by atoms with Crippen molar-refractivity contribution in [1.82, 2.24) is 9.97 Å². The van der Waals surface area contributed by atoms with Crippen LogP contribution < -0.4 is 4.74 Å². The zero-order valence-corrected chi connectivity index (χ0v) is 6.10. The molecule has 0 radical (unpaired) electrons. The number of rotatable bonds is 1. The van der Waals surface area contributed by atoms with Crippen LogP contribution in [0, 0.1) is 0 Å². The zero-order chi connectivity index (χ0) is 8.39. The quantitative estimate of drug-likeness (QED) is 0.561. The fraction of sp³-hybridized carbons (Fsp3) is 0.143. The van der Waals surface area contributed by atoms with Crippen molar-refractivity contribution in [1.29, 1.82) is 0 Å². The number of aliphatic imine (C=N–C) groups is 1. The number of fused-ring (bicyclic) bond motifs is 1. The highest BCUT2D eigenvalue weighted by atomic mass is 16.5. The molecule has 1 aliphatic heterocycles. The third-order valence-electron chi connectivity index (χ3n) is 1.39. The Morgan fingerprint density at radius 3 is 3.33 bits per heavy atom. The van der Waals surface area contributed by atoms with Crippen LogP contribution in [0.5, 0.6) is 5.75 Å². The highest BCUT2D eigenvalue weighted by Gasteiger charge is 2.09. The van der Waals surface area contributed by atoms with Crippen LogP contribution in [0.1, 0.15) is 10.6 Å². The van der Waals surface area contributed by atoms with Gasteiger partial charge in [-0.25, -0.2) is 15.0 Å². The maximum atomic E-state index is 10.3. The summed E-state index contributed by atoms with van der Waals surface area (Å²) in [6.07, 6.45) is 3.61. The summed E-state index contributed by atoms with van der Waals surface area (Å²) >= 11 is 0. The van der Waals surface area contributed by atoms with E-state index in [1.807, 2.05) is 0 Å². The molecule has 0 saturated heterocycles. The van der Waals surface area contributed by atoms with Crippen molar-refractivity contribution in [2.75, 3.05) is 6.61 Å². The molecule has 0 amide bonds. The van der Waals surface area contributed by atoms with Gasteiger partial charge in [-0.05, 0) is 0 Å². The van der Waals surface area contributed by atoms with E-state index in [0.717, 1.165) is 0 Å². The predicted molar refractivity (Wildman–Crippen MR) is 41.1 cm³/mol. The highest BCUT2D eigenvalue weighted by Crippen LogP contribution is 2.24. The van der Waals surface area contributed by atoms with E-state index in [4.69, 9.17) is 4.74 Å². The standard InChI is InChI=1S/C7H5N3O2/c11-4-6-9-3-5-7(10-6)8-1-2-12-5/h1,3-4H,2H2. The molecule has 1 aliphatic rings. The molecule has 0 atom stereocenters. The van der Waals surface area contributed by atoms with E-state index in [0.29, 0.717) is 24.5 Å². The van der Waals surface area contributed by atoms with Crippen LogP contribution >= 0.6 is 0 Å². The largest absolute Gasteiger partial charge is 0.482 e. The number of aromatic nitrogens is 2. The summed E-state index contributed by atoms with van der Waals surface area (Å²) in [5.41, 5.74) is 0. The first-order valence-electron chi connectivity index (χ1n) is 3.37. The minimum atomic E-state index is 0.122. The Labute approximate surface area is 68.1 Å². The van der Waals surface area contributed by atoms with E-state index in [1.165, 1.54) is 6.20 Å². The van der Waals surface area contributed by atoms with Crippen LogP contribution in [0.3, 0.4) is 0 Å². The van der Waals surface area contributed by atoms with Crippen molar-refractivity contribution in [3.8, 4) is 5.75 Å². The lowest BCUT2D eigenvalue weighted by Gasteiger charge is -2.08. The summed E-state index contributed by atoms with van der Waals surface area (Å²) < 4.78 is 5.13. The van der Waals surface area contributed by atoms with Gasteiger partial charge >= 0.3 is 0 Å². The van der Waals surface area contributed by atoms with Gasteiger partial charge in [-0.1, -0.05) is 0 Å². The van der Waals surface area contributed by atoms with Gasteiger partial charge in [0.1, 0.15) is 6.61 Å². The number of aldehydes is 1. The lowest BCUT2D eigenvalue weighted by molar-refractivity contribution is 0.111. The molecular weight excluding hydrogens is 158 g/mol. The average molecular weight is 163 g/mol. The van der Waals surface area contributed by atoms with Gasteiger partial charge in [-0.3, -0.25) is 4.79 Å². The Bertz CT molecular complexity index is 349. The second kappa shape index (κ2) is 2.69. The Morgan fingerprint density at radius 1 is 1.58 bits per heavy atom. The van der Waals surface area contributed by atoms with Gasteiger partial charge in [0.2, 0.25) is 0 Å². The minimum Gasteiger partial charge on any atom is -0.482 e. The van der Waals surface area contributed by atoms with Gasteiger partial charge in [-0.2, -0.15) is 0 Å². The monoisotopic (exact) mass is 163 g/mol. The van der Waals surface area contributed by atoms with Crippen molar-refractivity contribution < 1.29 is 9.53 Å². The van der Waals surface area contributed by atoms with Crippen LogP contribution in [0.2, 0.25) is 0 Å². The van der Waals surface area contributed by atoms with E-state index < -0.39 is 0 Å². The van der Waals surface area contributed by atoms with Crippen molar-refractivity contribution in [2.45, 2.75) is 0 Å². The fourth-order valence-electron chi connectivity index (χ4n) is 0.877. The van der Waals surface area contributed by atoms with E-state index in [9.17, 15) is 4.79 Å². The van der Waals surface area contributed by atoms with Gasteiger partial charge in [0.15, 0.2) is 23.7 Å². The van der Waals surface area contributed by atoms with E-state index in [2.05, 4.69) is 15.0 Å². The van der Waals surface area contributed by atoms with Crippen LogP contribution in [-0.4, -0.2) is 29.1 Å². The third kappa shape index (κ3) is 1.05. The Morgan fingerprint density at radius 2 is 2.50 bits per heavy atom. The lowest BCUT2D eigenvalue weighted by atomic mass is 10.4. The minimum absolute atomic E-state index is 0.122. The van der Waals surface area contributed by atoms with Gasteiger partial charge in [0, 0.05) is 6.21 Å². The Hall–Kier alpha value is -1.78. The summed E-state index contributed by atoms with van der Waals surface area (Å²) in [5.74, 6) is 1.05. The van der Waals surface area contributed by atoms with Gasteiger partial charge < -0.3 is 4.74 Å². The van der Waals surface area contributed by atoms with Gasteiger partial charge in [-0.15, -0.1) is 0 Å². The number of carbonyl (C=O) groups is 1. The molecule has 0 saturated carbocycles. The smallest absolute Gasteiger partial charge is 0.198 e. The maximum absolute atomic E-state index is 10.3. The molecule has 1 aromatic heterocycles. The molecule has 0 N–H and O–H groups in total. The first-order chi connectivity index (χ1) is 5.90. The molecule has 1 aromatic rings. The second-order valence-corrected chi connectivity index (χ2v) is 2.16. The van der Waals surface area contributed by atoms with Gasteiger partial charge in [0.05, 0.1) is 6.20 Å². The molecule has 5 heteroatoms. The molecule has 0 aliphatic carbocycles. The highest BCUT2D eigenvalue weighted by molar-refractivity contribution is 5.72. The zero-order valence-electron chi connectivity index (χ0n) is 6.10. The molecule has 0 unspecified atom stereocenters. The Kier molecular flexibility index (Phi) is 1.55. The van der Waals surface area contributed by atoms with Crippen molar-refractivity contribution in [2.24, 2.45) is 4.99 Å². The summed E-state index contributed by atoms with van der Waals surface area (Å²) in [5, 5.41) is 0. The fourth-order valence-corrected chi connectivity index (χ4v) is 0.877. The van der Waals surface area contributed by atoms with Crippen molar-refractivity contribution >= 4 is 18.3 Å². The molecule has 12 heavy (non-hydrogen) atoms. The van der Waals surface area contributed by atoms with E-state index >= 15 is 0 Å². The number of ether oxygens (including phenoxy) is 1. The number of carbonyl (C=O) groups excluding carboxylic acids is 1. The molecule has 5 nitrogen and oxygen atoms in total. The second-order valence-electron chi connectivity index (χ2n) is 2.16. The summed E-state index contributed by atoms with van der Waals surface area (Å²) in [6, 6.07) is 0. The van der Waals surface area contributed by atoms with Crippen LogP contribution in [0.4, 0.5) is 5.82 Å². The van der Waals surface area contributed by atoms with Crippen molar-refractivity contribution in [3.05, 3.63) is 12.0 Å². The van der Waals surface area contributed by atoms with Crippen LogP contribution in [0.25, 0.3) is 0 Å². The first kappa shape index (κ1) is 6.90. The molecule has 0 spiro atoms. The molecule has 2 heterocycles. The van der Waals surface area contributed by atoms with E-state index in [-0.39, 0.29) is 5.82 Å². The molecule has 0 fully saturated rings. The normalized spacial score (nSPS) is 13.3. The summed E-state index contributed by atoms with van der Waals surface area (Å²) in [4.78, 5) is 21.8. The molecule has 0 bridgehead atoms. The van der Waals surface area contributed by atoms with Crippen LogP contribution in [0.15, 0.2) is 11.2 Å². The SMILES string of the molecule is O=Cc1ncc2c(n1)N=CCO2. The summed E-state index contributed by atoms with van der Waals surface area (Å²) in [7, 11) is 0. The third-order valence-corrected chi connectivity index (χ3v) is 1.39. The van der Waals surface area contributed by atoms with Gasteiger partial charge in [0.25, 0.3) is 0 Å². The lowest BCUT2D eigenvalue weighted by Crippen LogP contribution is -2.05. The molecular formula is C7H5N3O2. The van der Waals surface area contributed by atoms with E-state index in [1.54, 1.807) is 6.21 Å². The first-order valence-corrected chi connectivity index (χ1v) is 3.37. The molecule has 0 aromatic carbocycles. The number of nitrogens with zero attached hydrogens (tertiary/aromatic N) is 3. The maximum Gasteiger partial charge on any atom is 0.198 e. The predicted octanol–water partition coefficient (Wildman–Crippen LogP) is 0.384. The molecule has 2 rings (SSSR count). The number of hydrogen-bond donors (Lipinski definition) is 0. The average Bonchev–Trinajstić information content (AvgIpc) is 2.17. The summed E-state index contributed by atoms with van der Waals surface area (Å²) in [6.45, 7) is 0.427. The molecule has 60 valence electrons. The van der Waals surface area contributed by atoms with Crippen LogP contribution in [-0.2, 0) is 0 Å². The number of hydrogen-bond acceptors (Lipinski definition) is 5. The van der Waals surface area contributed by atoms with Crippen molar-refractivity contribution in [3.63, 3.8) is 0 Å².